The Bertz CT molecular complexity index is 471. The van der Waals surface area contributed by atoms with Crippen LogP contribution < -0.4 is 10.6 Å². The summed E-state index contributed by atoms with van der Waals surface area (Å²) < 4.78 is 0. The number of nitrogens with one attached hydrogen (secondary N) is 2. The standard InChI is InChI=1S/C12H13Cl2N3O/c1-8(18)16-5-6-17-11(7-15)9-3-2-4-10(13)12(9)14/h2-4,11,17H,5-6H2,1H3,(H,16,18). The summed E-state index contributed by atoms with van der Waals surface area (Å²) in [4.78, 5) is 10.7. The highest BCUT2D eigenvalue weighted by molar-refractivity contribution is 6.42. The number of halogens is 2. The molecule has 0 aliphatic heterocycles. The highest BCUT2D eigenvalue weighted by Crippen LogP contribution is 2.29. The Labute approximate surface area is 116 Å². The first-order valence-electron chi connectivity index (χ1n) is 5.37. The molecule has 1 aromatic carbocycles. The van der Waals surface area contributed by atoms with E-state index >= 15 is 0 Å². The Balaban J connectivity index is 2.64. The van der Waals surface area contributed by atoms with E-state index in [2.05, 4.69) is 16.7 Å². The topological polar surface area (TPSA) is 64.9 Å². The van der Waals surface area contributed by atoms with Gasteiger partial charge in [-0.05, 0) is 6.07 Å². The van der Waals surface area contributed by atoms with Gasteiger partial charge in [0.05, 0.1) is 16.1 Å². The van der Waals surface area contributed by atoms with E-state index in [0.29, 0.717) is 28.7 Å². The summed E-state index contributed by atoms with van der Waals surface area (Å²) in [6.07, 6.45) is 0. The van der Waals surface area contributed by atoms with Crippen molar-refractivity contribution in [3.63, 3.8) is 0 Å². The van der Waals surface area contributed by atoms with Gasteiger partial charge in [-0.3, -0.25) is 10.1 Å². The van der Waals surface area contributed by atoms with Crippen LogP contribution in [0.3, 0.4) is 0 Å². The molecule has 0 spiro atoms. The van der Waals surface area contributed by atoms with E-state index < -0.39 is 6.04 Å². The molecule has 2 N–H and O–H groups in total. The molecule has 1 unspecified atom stereocenters. The van der Waals surface area contributed by atoms with E-state index in [-0.39, 0.29) is 5.91 Å². The third-order valence-corrected chi connectivity index (χ3v) is 3.10. The minimum Gasteiger partial charge on any atom is -0.355 e. The molecule has 1 amide bonds. The molecule has 0 bridgehead atoms. The minimum atomic E-state index is -0.551. The van der Waals surface area contributed by atoms with Gasteiger partial charge < -0.3 is 5.32 Å². The monoisotopic (exact) mass is 285 g/mol. The van der Waals surface area contributed by atoms with Gasteiger partial charge in [-0.2, -0.15) is 5.26 Å². The molecule has 6 heteroatoms. The molecular weight excluding hydrogens is 273 g/mol. The van der Waals surface area contributed by atoms with Crippen LogP contribution in [0.25, 0.3) is 0 Å². The van der Waals surface area contributed by atoms with Crippen molar-refractivity contribution in [2.75, 3.05) is 13.1 Å². The van der Waals surface area contributed by atoms with Crippen LogP contribution in [0, 0.1) is 11.3 Å². The number of amides is 1. The van der Waals surface area contributed by atoms with Crippen LogP contribution in [-0.2, 0) is 4.79 Å². The summed E-state index contributed by atoms with van der Waals surface area (Å²) in [6, 6.07) is 6.71. The van der Waals surface area contributed by atoms with E-state index in [1.54, 1.807) is 18.2 Å². The molecule has 0 saturated carbocycles. The van der Waals surface area contributed by atoms with Crippen LogP contribution in [0.2, 0.25) is 10.0 Å². The van der Waals surface area contributed by atoms with Crippen molar-refractivity contribution in [3.8, 4) is 6.07 Å². The number of benzene rings is 1. The lowest BCUT2D eigenvalue weighted by Gasteiger charge is -2.14. The third-order valence-electron chi connectivity index (χ3n) is 2.27. The van der Waals surface area contributed by atoms with Crippen molar-refractivity contribution in [2.45, 2.75) is 13.0 Å². The number of nitrogens with zero attached hydrogens (tertiary/aromatic N) is 1. The van der Waals surface area contributed by atoms with E-state index in [1.165, 1.54) is 6.92 Å². The number of hydrogen-bond acceptors (Lipinski definition) is 3. The van der Waals surface area contributed by atoms with E-state index in [0.717, 1.165) is 0 Å². The van der Waals surface area contributed by atoms with Crippen LogP contribution >= 0.6 is 23.2 Å². The first-order chi connectivity index (χ1) is 8.56. The molecule has 4 nitrogen and oxygen atoms in total. The molecule has 0 radical (unpaired) electrons. The Morgan fingerprint density at radius 2 is 2.17 bits per heavy atom. The second-order valence-electron chi connectivity index (χ2n) is 3.64. The molecule has 1 aromatic rings. The van der Waals surface area contributed by atoms with Crippen LogP contribution in [0.4, 0.5) is 0 Å². The lowest BCUT2D eigenvalue weighted by atomic mass is 10.1. The summed E-state index contributed by atoms with van der Waals surface area (Å²) in [5.74, 6) is -0.105. The lowest BCUT2D eigenvalue weighted by molar-refractivity contribution is -0.118. The Morgan fingerprint density at radius 3 is 2.78 bits per heavy atom. The number of carbonyl (C=O) groups is 1. The molecule has 0 heterocycles. The average molecular weight is 286 g/mol. The number of hydrogen-bond donors (Lipinski definition) is 2. The number of carbonyl (C=O) groups excluding carboxylic acids is 1. The molecule has 18 heavy (non-hydrogen) atoms. The Hall–Kier alpha value is -1.28. The maximum Gasteiger partial charge on any atom is 0.216 e. The summed E-state index contributed by atoms with van der Waals surface area (Å²) in [7, 11) is 0. The van der Waals surface area contributed by atoms with Gasteiger partial charge in [-0.1, -0.05) is 35.3 Å². The zero-order chi connectivity index (χ0) is 13.5. The van der Waals surface area contributed by atoms with E-state index in [1.807, 2.05) is 0 Å². The number of rotatable bonds is 5. The normalized spacial score (nSPS) is 11.7. The van der Waals surface area contributed by atoms with Crippen molar-refractivity contribution < 1.29 is 4.79 Å². The van der Waals surface area contributed by atoms with Gasteiger partial charge >= 0.3 is 0 Å². The SMILES string of the molecule is CC(=O)NCCNC(C#N)c1cccc(Cl)c1Cl. The second-order valence-corrected chi connectivity index (χ2v) is 4.43. The molecule has 0 aliphatic carbocycles. The maximum absolute atomic E-state index is 10.7. The summed E-state index contributed by atoms with van der Waals surface area (Å²) in [5, 5.41) is 15.5. The summed E-state index contributed by atoms with van der Waals surface area (Å²) in [6.45, 7) is 2.36. The average Bonchev–Trinajstić information content (AvgIpc) is 2.33. The zero-order valence-electron chi connectivity index (χ0n) is 9.84. The predicted octanol–water partition coefficient (Wildman–Crippen LogP) is 2.28. The maximum atomic E-state index is 10.7. The fourth-order valence-corrected chi connectivity index (χ4v) is 1.84. The van der Waals surface area contributed by atoms with Crippen molar-refractivity contribution >= 4 is 29.1 Å². The Kier molecular flexibility index (Phi) is 5.93. The number of nitriles is 1. The summed E-state index contributed by atoms with van der Waals surface area (Å²) in [5.41, 5.74) is 0.634. The van der Waals surface area contributed by atoms with Crippen LogP contribution in [0.5, 0.6) is 0 Å². The van der Waals surface area contributed by atoms with Gasteiger partial charge in [0.2, 0.25) is 5.91 Å². The molecule has 0 saturated heterocycles. The molecule has 1 atom stereocenters. The van der Waals surface area contributed by atoms with Crippen LogP contribution in [0.1, 0.15) is 18.5 Å². The lowest BCUT2D eigenvalue weighted by Crippen LogP contribution is -2.32. The fraction of sp³-hybridized carbons (Fsp3) is 0.333. The van der Waals surface area contributed by atoms with Crippen LogP contribution in [0.15, 0.2) is 18.2 Å². The second kappa shape index (κ2) is 7.22. The zero-order valence-corrected chi connectivity index (χ0v) is 11.3. The molecule has 0 fully saturated rings. The predicted molar refractivity (Wildman–Crippen MR) is 71.5 cm³/mol. The third kappa shape index (κ3) is 4.19. The van der Waals surface area contributed by atoms with Gasteiger partial charge in [0.15, 0.2) is 0 Å². The highest BCUT2D eigenvalue weighted by Gasteiger charge is 2.14. The van der Waals surface area contributed by atoms with Gasteiger partial charge in [-0.15, -0.1) is 0 Å². The molecule has 0 aromatic heterocycles. The summed E-state index contributed by atoms with van der Waals surface area (Å²) >= 11 is 11.9. The van der Waals surface area contributed by atoms with Gasteiger partial charge in [-0.25, -0.2) is 0 Å². The molecular formula is C12H13Cl2N3O. The van der Waals surface area contributed by atoms with Crippen molar-refractivity contribution in [1.29, 1.82) is 5.26 Å². The molecule has 0 aliphatic rings. The molecule has 1 rings (SSSR count). The minimum absolute atomic E-state index is 0.105. The smallest absolute Gasteiger partial charge is 0.216 e. The van der Waals surface area contributed by atoms with Crippen molar-refractivity contribution in [2.24, 2.45) is 0 Å². The quantitative estimate of drug-likeness (QED) is 0.816. The fourth-order valence-electron chi connectivity index (χ4n) is 1.42. The van der Waals surface area contributed by atoms with Crippen molar-refractivity contribution in [3.05, 3.63) is 33.8 Å². The highest BCUT2D eigenvalue weighted by atomic mass is 35.5. The van der Waals surface area contributed by atoms with E-state index in [9.17, 15) is 4.79 Å². The largest absolute Gasteiger partial charge is 0.355 e. The van der Waals surface area contributed by atoms with Gasteiger partial charge in [0.1, 0.15) is 6.04 Å². The van der Waals surface area contributed by atoms with Gasteiger partial charge in [0.25, 0.3) is 0 Å². The molecule has 96 valence electrons. The Morgan fingerprint density at radius 1 is 1.44 bits per heavy atom. The van der Waals surface area contributed by atoms with Crippen molar-refractivity contribution in [1.82, 2.24) is 10.6 Å². The van der Waals surface area contributed by atoms with Gasteiger partial charge in [0, 0.05) is 25.6 Å². The first kappa shape index (κ1) is 14.8. The van der Waals surface area contributed by atoms with E-state index in [4.69, 9.17) is 28.5 Å². The van der Waals surface area contributed by atoms with Crippen LogP contribution in [-0.4, -0.2) is 19.0 Å². The first-order valence-corrected chi connectivity index (χ1v) is 6.13.